The second kappa shape index (κ2) is 6.11. The highest BCUT2D eigenvalue weighted by Crippen LogP contribution is 2.34. The van der Waals surface area contributed by atoms with E-state index in [-0.39, 0.29) is 6.17 Å². The molecule has 4 heterocycles. The molecule has 0 aliphatic carbocycles. The van der Waals surface area contributed by atoms with Crippen molar-refractivity contribution < 1.29 is 14.2 Å². The van der Waals surface area contributed by atoms with E-state index in [1.165, 1.54) is 5.56 Å². The number of hydrogen-bond acceptors (Lipinski definition) is 6. The molecule has 1 atom stereocenters. The highest BCUT2D eigenvalue weighted by molar-refractivity contribution is 5.80. The molecular formula is C19H21N3O3. The normalized spacial score (nSPS) is 24.6. The quantitative estimate of drug-likeness (QED) is 0.847. The monoisotopic (exact) mass is 339 g/mol. The first kappa shape index (κ1) is 14.8. The molecule has 130 valence electrons. The molecule has 1 fully saturated rings. The Morgan fingerprint density at radius 2 is 1.96 bits per heavy atom. The first-order chi connectivity index (χ1) is 12.4. The molecular weight excluding hydrogens is 318 g/mol. The summed E-state index contributed by atoms with van der Waals surface area (Å²) >= 11 is 0. The minimum Gasteiger partial charge on any atom is -0.454 e. The van der Waals surface area contributed by atoms with Gasteiger partial charge in [0, 0.05) is 50.5 Å². The Morgan fingerprint density at radius 3 is 2.88 bits per heavy atom. The molecule has 1 aromatic carbocycles. The lowest BCUT2D eigenvalue weighted by molar-refractivity contribution is 0.0450. The summed E-state index contributed by atoms with van der Waals surface area (Å²) in [5.74, 6) is 2.22. The number of hydrogen-bond donors (Lipinski definition) is 0. The highest BCUT2D eigenvalue weighted by Gasteiger charge is 2.33. The van der Waals surface area contributed by atoms with Gasteiger partial charge in [0.15, 0.2) is 11.5 Å². The summed E-state index contributed by atoms with van der Waals surface area (Å²) in [5, 5.41) is 0. The predicted octanol–water partition coefficient (Wildman–Crippen LogP) is 2.68. The maximum Gasteiger partial charge on any atom is 0.231 e. The standard InChI is InChI=1S/C19H21N3O3/c1-2-17-18(25-13-24-17)9-14(1)11-21-5-6-22-16(12-21)10-20-19(22)15-3-7-23-8-4-15/h1-2,5-6,9-10,12,15,19H,3-4,7-8,11,13H2. The average Bonchev–Trinajstić information content (AvgIpc) is 3.28. The fourth-order valence-electron chi connectivity index (χ4n) is 3.80. The summed E-state index contributed by atoms with van der Waals surface area (Å²) < 4.78 is 16.3. The van der Waals surface area contributed by atoms with E-state index in [1.54, 1.807) is 0 Å². The average molecular weight is 339 g/mol. The Bertz CT molecular complexity index is 752. The number of nitrogens with zero attached hydrogens (tertiary/aromatic N) is 3. The van der Waals surface area contributed by atoms with E-state index < -0.39 is 0 Å². The molecule has 1 saturated heterocycles. The topological polar surface area (TPSA) is 46.5 Å². The van der Waals surface area contributed by atoms with Crippen LogP contribution in [-0.4, -0.2) is 42.2 Å². The summed E-state index contributed by atoms with van der Waals surface area (Å²) in [6, 6.07) is 6.11. The molecule has 0 spiro atoms. The van der Waals surface area contributed by atoms with E-state index in [0.29, 0.717) is 12.7 Å². The van der Waals surface area contributed by atoms with E-state index in [1.807, 2.05) is 12.3 Å². The summed E-state index contributed by atoms with van der Waals surface area (Å²) in [6.07, 6.45) is 10.8. The summed E-state index contributed by atoms with van der Waals surface area (Å²) in [4.78, 5) is 9.22. The van der Waals surface area contributed by atoms with Crippen LogP contribution in [0.2, 0.25) is 0 Å². The molecule has 0 aromatic heterocycles. The zero-order valence-electron chi connectivity index (χ0n) is 14.0. The summed E-state index contributed by atoms with van der Waals surface area (Å²) in [6.45, 7) is 2.80. The lowest BCUT2D eigenvalue weighted by Gasteiger charge is -2.34. The number of fused-ring (bicyclic) bond motifs is 2. The fraction of sp³-hybridized carbons (Fsp3) is 0.421. The third-order valence-corrected chi connectivity index (χ3v) is 5.15. The van der Waals surface area contributed by atoms with Gasteiger partial charge >= 0.3 is 0 Å². The van der Waals surface area contributed by atoms with Crippen LogP contribution in [0.25, 0.3) is 0 Å². The summed E-state index contributed by atoms with van der Waals surface area (Å²) in [7, 11) is 0. The van der Waals surface area contributed by atoms with E-state index >= 15 is 0 Å². The third-order valence-electron chi connectivity index (χ3n) is 5.15. The van der Waals surface area contributed by atoms with Crippen LogP contribution in [0.15, 0.2) is 47.5 Å². The van der Waals surface area contributed by atoms with Gasteiger partial charge < -0.3 is 24.0 Å². The van der Waals surface area contributed by atoms with Gasteiger partial charge in [0.2, 0.25) is 6.79 Å². The van der Waals surface area contributed by atoms with Gasteiger partial charge in [-0.05, 0) is 30.5 Å². The van der Waals surface area contributed by atoms with Crippen LogP contribution in [0.4, 0.5) is 0 Å². The van der Waals surface area contributed by atoms with Gasteiger partial charge in [0.25, 0.3) is 0 Å². The second-order valence-corrected chi connectivity index (χ2v) is 6.76. The van der Waals surface area contributed by atoms with Crippen molar-refractivity contribution >= 4 is 6.21 Å². The van der Waals surface area contributed by atoms with Crippen molar-refractivity contribution in [2.45, 2.75) is 25.6 Å². The number of aliphatic imine (C=N–C) groups is 1. The van der Waals surface area contributed by atoms with Crippen LogP contribution in [0.3, 0.4) is 0 Å². The highest BCUT2D eigenvalue weighted by atomic mass is 16.7. The lowest BCUT2D eigenvalue weighted by Crippen LogP contribution is -2.36. The largest absolute Gasteiger partial charge is 0.454 e. The summed E-state index contributed by atoms with van der Waals surface area (Å²) in [5.41, 5.74) is 2.34. The van der Waals surface area contributed by atoms with Crippen LogP contribution in [-0.2, 0) is 11.3 Å². The molecule has 1 unspecified atom stereocenters. The molecule has 1 aromatic rings. The van der Waals surface area contributed by atoms with Crippen molar-refractivity contribution in [1.29, 1.82) is 0 Å². The molecule has 0 saturated carbocycles. The lowest BCUT2D eigenvalue weighted by atomic mass is 9.96. The molecule has 6 heteroatoms. The maximum absolute atomic E-state index is 5.48. The van der Waals surface area contributed by atoms with Crippen LogP contribution >= 0.6 is 0 Å². The Kier molecular flexibility index (Phi) is 3.63. The smallest absolute Gasteiger partial charge is 0.231 e. The Labute approximate surface area is 147 Å². The van der Waals surface area contributed by atoms with Gasteiger partial charge in [-0.25, -0.2) is 0 Å². The molecule has 0 N–H and O–H groups in total. The number of ether oxygens (including phenoxy) is 3. The number of rotatable bonds is 3. The minimum absolute atomic E-state index is 0.221. The SMILES string of the molecule is C1=CN2C(=CN1Cc1ccc3c(c1)OCO3)C=NC2C1CCOCC1. The number of allylic oxidation sites excluding steroid dienone is 1. The van der Waals surface area contributed by atoms with Gasteiger partial charge in [-0.2, -0.15) is 0 Å². The second-order valence-electron chi connectivity index (χ2n) is 6.76. The van der Waals surface area contributed by atoms with Crippen molar-refractivity contribution in [2.24, 2.45) is 10.9 Å². The van der Waals surface area contributed by atoms with Crippen molar-refractivity contribution in [3.63, 3.8) is 0 Å². The first-order valence-electron chi connectivity index (χ1n) is 8.80. The van der Waals surface area contributed by atoms with Gasteiger partial charge in [-0.15, -0.1) is 0 Å². The van der Waals surface area contributed by atoms with E-state index in [0.717, 1.165) is 49.8 Å². The van der Waals surface area contributed by atoms with E-state index in [9.17, 15) is 0 Å². The molecule has 4 aliphatic heterocycles. The van der Waals surface area contributed by atoms with Crippen molar-refractivity contribution in [3.8, 4) is 11.5 Å². The fourth-order valence-corrected chi connectivity index (χ4v) is 3.80. The van der Waals surface area contributed by atoms with Gasteiger partial charge in [-0.1, -0.05) is 6.07 Å². The third kappa shape index (κ3) is 2.76. The van der Waals surface area contributed by atoms with Crippen LogP contribution < -0.4 is 9.47 Å². The molecule has 25 heavy (non-hydrogen) atoms. The van der Waals surface area contributed by atoms with Crippen molar-refractivity contribution in [3.05, 3.63) is 48.1 Å². The molecule has 0 bridgehead atoms. The maximum atomic E-state index is 5.48. The van der Waals surface area contributed by atoms with E-state index in [2.05, 4.69) is 40.5 Å². The van der Waals surface area contributed by atoms with Gasteiger partial charge in [0.05, 0.1) is 5.70 Å². The van der Waals surface area contributed by atoms with Crippen molar-refractivity contribution in [1.82, 2.24) is 9.80 Å². The van der Waals surface area contributed by atoms with Crippen molar-refractivity contribution in [2.75, 3.05) is 20.0 Å². The Morgan fingerprint density at radius 1 is 1.08 bits per heavy atom. The van der Waals surface area contributed by atoms with Crippen LogP contribution in [0.1, 0.15) is 18.4 Å². The number of benzene rings is 1. The van der Waals surface area contributed by atoms with Gasteiger partial charge in [-0.3, -0.25) is 4.99 Å². The zero-order valence-corrected chi connectivity index (χ0v) is 14.0. The molecule has 5 rings (SSSR count). The minimum atomic E-state index is 0.221. The van der Waals surface area contributed by atoms with E-state index in [4.69, 9.17) is 19.2 Å². The molecule has 0 amide bonds. The van der Waals surface area contributed by atoms with Crippen LogP contribution in [0, 0.1) is 5.92 Å². The van der Waals surface area contributed by atoms with Gasteiger partial charge in [0.1, 0.15) is 6.17 Å². The predicted molar refractivity (Wildman–Crippen MR) is 93.0 cm³/mol. The first-order valence-corrected chi connectivity index (χ1v) is 8.80. The molecule has 0 radical (unpaired) electrons. The van der Waals surface area contributed by atoms with Crippen LogP contribution in [0.5, 0.6) is 11.5 Å². The Balaban J connectivity index is 1.28. The Hall–Kier alpha value is -2.47. The molecule has 4 aliphatic rings. The molecule has 6 nitrogen and oxygen atoms in total. The zero-order chi connectivity index (χ0) is 16.6.